The fourth-order valence-corrected chi connectivity index (χ4v) is 3.68. The van der Waals surface area contributed by atoms with Gasteiger partial charge in [-0.3, -0.25) is 4.90 Å². The Morgan fingerprint density at radius 3 is 2.92 bits per heavy atom. The first-order chi connectivity index (χ1) is 12.3. The van der Waals surface area contributed by atoms with E-state index in [0.29, 0.717) is 25.8 Å². The van der Waals surface area contributed by atoms with E-state index in [1.165, 1.54) is 18.4 Å². The zero-order valence-electron chi connectivity index (χ0n) is 15.1. The van der Waals surface area contributed by atoms with Crippen molar-refractivity contribution in [2.75, 3.05) is 39.5 Å². The Hall–Kier alpha value is -0.980. The first kappa shape index (κ1) is 18.8. The molecule has 2 heterocycles. The van der Waals surface area contributed by atoms with E-state index in [1.54, 1.807) is 0 Å². The molecule has 5 heteroatoms. The Kier molecular flexibility index (Phi) is 7.70. The van der Waals surface area contributed by atoms with E-state index in [0.717, 1.165) is 39.1 Å². The predicted octanol–water partition coefficient (Wildman–Crippen LogP) is 1.80. The summed E-state index contributed by atoms with van der Waals surface area (Å²) in [5, 5.41) is 13.6. The summed E-state index contributed by atoms with van der Waals surface area (Å²) in [7, 11) is 0. The summed E-state index contributed by atoms with van der Waals surface area (Å²) >= 11 is 0. The van der Waals surface area contributed by atoms with Gasteiger partial charge in [-0.15, -0.1) is 0 Å². The van der Waals surface area contributed by atoms with Crippen LogP contribution in [0.1, 0.15) is 31.2 Å². The molecule has 0 amide bonds. The minimum Gasteiger partial charge on any atom is -0.389 e. The van der Waals surface area contributed by atoms with Gasteiger partial charge in [0.2, 0.25) is 0 Å². The second-order valence-electron chi connectivity index (χ2n) is 7.29. The maximum absolute atomic E-state index is 10.1. The van der Waals surface area contributed by atoms with Crippen molar-refractivity contribution in [3.8, 4) is 0 Å². The van der Waals surface area contributed by atoms with E-state index in [4.69, 9.17) is 9.47 Å². The van der Waals surface area contributed by atoms with Crippen LogP contribution < -0.4 is 5.32 Å². The highest BCUT2D eigenvalue weighted by Crippen LogP contribution is 2.14. The summed E-state index contributed by atoms with van der Waals surface area (Å²) in [5.41, 5.74) is 1.37. The van der Waals surface area contributed by atoms with E-state index in [1.807, 2.05) is 0 Å². The molecule has 2 aliphatic rings. The number of aliphatic hydroxyl groups excluding tert-OH is 1. The minimum atomic E-state index is -0.453. The number of benzene rings is 1. The van der Waals surface area contributed by atoms with E-state index in [2.05, 4.69) is 40.5 Å². The first-order valence-corrected chi connectivity index (χ1v) is 9.66. The zero-order chi connectivity index (χ0) is 17.3. The maximum Gasteiger partial charge on any atom is 0.0897 e. The van der Waals surface area contributed by atoms with Crippen LogP contribution in [0.25, 0.3) is 0 Å². The average molecular weight is 348 g/mol. The molecule has 0 spiro atoms. The van der Waals surface area contributed by atoms with Crippen molar-refractivity contribution in [3.05, 3.63) is 35.9 Å². The number of piperidine rings is 1. The van der Waals surface area contributed by atoms with Gasteiger partial charge in [0.05, 0.1) is 25.4 Å². The third-order valence-electron chi connectivity index (χ3n) is 5.03. The summed E-state index contributed by atoms with van der Waals surface area (Å²) in [4.78, 5) is 2.50. The van der Waals surface area contributed by atoms with E-state index in [-0.39, 0.29) is 6.10 Å². The molecule has 0 bridgehead atoms. The number of hydrogen-bond donors (Lipinski definition) is 2. The summed E-state index contributed by atoms with van der Waals surface area (Å²) in [6.07, 6.45) is 4.36. The second-order valence-corrected chi connectivity index (χ2v) is 7.29. The Bertz CT molecular complexity index is 479. The van der Waals surface area contributed by atoms with Crippen molar-refractivity contribution in [3.63, 3.8) is 0 Å². The SMILES string of the molecule is OC(CNC1CCCN(Cc2ccccc2)C1)COCC1CCCO1. The summed E-state index contributed by atoms with van der Waals surface area (Å²) < 4.78 is 11.1. The van der Waals surface area contributed by atoms with Crippen LogP contribution in [-0.2, 0) is 16.0 Å². The number of rotatable bonds is 9. The molecule has 0 saturated carbocycles. The van der Waals surface area contributed by atoms with Crippen LogP contribution in [0.5, 0.6) is 0 Å². The molecule has 0 aliphatic carbocycles. The Balaban J connectivity index is 1.30. The quantitative estimate of drug-likeness (QED) is 0.713. The topological polar surface area (TPSA) is 54.0 Å². The van der Waals surface area contributed by atoms with Crippen molar-refractivity contribution in [1.82, 2.24) is 10.2 Å². The van der Waals surface area contributed by atoms with Crippen LogP contribution in [0, 0.1) is 0 Å². The van der Waals surface area contributed by atoms with Crippen molar-refractivity contribution in [2.45, 2.75) is 50.5 Å². The zero-order valence-corrected chi connectivity index (χ0v) is 15.1. The van der Waals surface area contributed by atoms with Crippen molar-refractivity contribution in [1.29, 1.82) is 0 Å². The van der Waals surface area contributed by atoms with Crippen molar-refractivity contribution in [2.24, 2.45) is 0 Å². The van der Waals surface area contributed by atoms with Gasteiger partial charge < -0.3 is 19.9 Å². The molecule has 0 aromatic heterocycles. The smallest absolute Gasteiger partial charge is 0.0897 e. The van der Waals surface area contributed by atoms with Gasteiger partial charge in [0.25, 0.3) is 0 Å². The van der Waals surface area contributed by atoms with Gasteiger partial charge in [-0.25, -0.2) is 0 Å². The molecule has 5 nitrogen and oxygen atoms in total. The molecule has 25 heavy (non-hydrogen) atoms. The fraction of sp³-hybridized carbons (Fsp3) is 0.700. The molecule has 3 rings (SSSR count). The standard InChI is InChI=1S/C20H32N2O3/c23-19(15-24-16-20-9-5-11-25-20)12-21-18-8-4-10-22(14-18)13-17-6-2-1-3-7-17/h1-3,6-7,18-21,23H,4-5,8-16H2. The highest BCUT2D eigenvalue weighted by atomic mass is 16.5. The average Bonchev–Trinajstić information content (AvgIpc) is 3.15. The Morgan fingerprint density at radius 1 is 1.24 bits per heavy atom. The van der Waals surface area contributed by atoms with Crippen molar-refractivity contribution >= 4 is 0 Å². The lowest BCUT2D eigenvalue weighted by Crippen LogP contribution is -2.47. The largest absolute Gasteiger partial charge is 0.389 e. The molecule has 2 N–H and O–H groups in total. The Morgan fingerprint density at radius 2 is 2.12 bits per heavy atom. The second kappa shape index (κ2) is 10.2. The summed E-state index contributed by atoms with van der Waals surface area (Å²) in [5.74, 6) is 0. The number of nitrogens with one attached hydrogen (secondary N) is 1. The summed E-state index contributed by atoms with van der Waals surface area (Å²) in [6.45, 7) is 5.62. The molecule has 1 aromatic rings. The molecule has 2 fully saturated rings. The molecule has 3 unspecified atom stereocenters. The van der Waals surface area contributed by atoms with Crippen LogP contribution >= 0.6 is 0 Å². The minimum absolute atomic E-state index is 0.227. The first-order valence-electron chi connectivity index (χ1n) is 9.66. The highest BCUT2D eigenvalue weighted by molar-refractivity contribution is 5.14. The lowest BCUT2D eigenvalue weighted by atomic mass is 10.0. The molecular weight excluding hydrogens is 316 g/mol. The van der Waals surface area contributed by atoms with E-state index >= 15 is 0 Å². The van der Waals surface area contributed by atoms with Gasteiger partial charge in [-0.1, -0.05) is 30.3 Å². The number of aliphatic hydroxyl groups is 1. The molecule has 2 saturated heterocycles. The number of nitrogens with zero attached hydrogens (tertiary/aromatic N) is 1. The van der Waals surface area contributed by atoms with Crippen LogP contribution in [0.4, 0.5) is 0 Å². The number of hydrogen-bond acceptors (Lipinski definition) is 5. The monoisotopic (exact) mass is 348 g/mol. The molecule has 3 atom stereocenters. The highest BCUT2D eigenvalue weighted by Gasteiger charge is 2.21. The molecule has 1 aromatic carbocycles. The van der Waals surface area contributed by atoms with Crippen LogP contribution in [0.15, 0.2) is 30.3 Å². The van der Waals surface area contributed by atoms with Crippen LogP contribution in [-0.4, -0.2) is 67.7 Å². The lowest BCUT2D eigenvalue weighted by molar-refractivity contribution is -0.0174. The van der Waals surface area contributed by atoms with Gasteiger partial charge in [0.15, 0.2) is 0 Å². The Labute approximate surface area is 151 Å². The predicted molar refractivity (Wildman–Crippen MR) is 98.5 cm³/mol. The van der Waals surface area contributed by atoms with E-state index in [9.17, 15) is 5.11 Å². The van der Waals surface area contributed by atoms with Gasteiger partial charge in [0, 0.05) is 32.3 Å². The van der Waals surface area contributed by atoms with Gasteiger partial charge in [-0.05, 0) is 37.8 Å². The van der Waals surface area contributed by atoms with Crippen LogP contribution in [0.2, 0.25) is 0 Å². The fourth-order valence-electron chi connectivity index (χ4n) is 3.68. The van der Waals surface area contributed by atoms with Gasteiger partial charge in [0.1, 0.15) is 0 Å². The molecular formula is C20H32N2O3. The summed E-state index contributed by atoms with van der Waals surface area (Å²) in [6, 6.07) is 11.1. The lowest BCUT2D eigenvalue weighted by Gasteiger charge is -2.33. The third kappa shape index (κ3) is 6.68. The maximum atomic E-state index is 10.1. The molecule has 0 radical (unpaired) electrons. The number of ether oxygens (including phenoxy) is 2. The van der Waals surface area contributed by atoms with Gasteiger partial charge in [-0.2, -0.15) is 0 Å². The molecule has 2 aliphatic heterocycles. The number of likely N-dealkylation sites (tertiary alicyclic amines) is 1. The van der Waals surface area contributed by atoms with E-state index < -0.39 is 6.10 Å². The molecule has 140 valence electrons. The van der Waals surface area contributed by atoms with Crippen molar-refractivity contribution < 1.29 is 14.6 Å². The van der Waals surface area contributed by atoms with Gasteiger partial charge >= 0.3 is 0 Å². The third-order valence-corrected chi connectivity index (χ3v) is 5.03. The normalized spacial score (nSPS) is 26.0. The van der Waals surface area contributed by atoms with Crippen LogP contribution in [0.3, 0.4) is 0 Å².